The zero-order valence-corrected chi connectivity index (χ0v) is 15.0. The van der Waals surface area contributed by atoms with Crippen LogP contribution in [0, 0.1) is 0 Å². The molecule has 1 atom stereocenters. The molecule has 0 aliphatic carbocycles. The van der Waals surface area contributed by atoms with Crippen molar-refractivity contribution in [1.82, 2.24) is 0 Å². The second kappa shape index (κ2) is 12.9. The lowest BCUT2D eigenvalue weighted by Gasteiger charge is -2.11. The van der Waals surface area contributed by atoms with Crippen LogP contribution >= 0.6 is 23.5 Å². The molecular weight excluding hydrogens is 348 g/mol. The Labute approximate surface area is 150 Å². The molecule has 0 aliphatic rings. The molecule has 0 heterocycles. The maximum absolute atomic E-state index is 11.5. The van der Waals surface area contributed by atoms with Crippen LogP contribution in [0.5, 0.6) is 0 Å². The molecule has 1 aromatic rings. The third-order valence-electron chi connectivity index (χ3n) is 2.72. The number of carbonyl (C=O) groups excluding carboxylic acids is 2. The highest BCUT2D eigenvalue weighted by Crippen LogP contribution is 2.13. The second-order valence-corrected chi connectivity index (χ2v) is 6.97. The first-order valence-electron chi connectivity index (χ1n) is 7.44. The number of hydrogen-bond donors (Lipinski definition) is 1. The summed E-state index contributed by atoms with van der Waals surface area (Å²) in [6.07, 6.45) is -0.0187. The average Bonchev–Trinajstić information content (AvgIpc) is 2.61. The van der Waals surface area contributed by atoms with E-state index in [1.807, 2.05) is 30.0 Å². The molecule has 0 saturated carbocycles. The van der Waals surface area contributed by atoms with E-state index in [2.05, 4.69) is 23.4 Å². The highest BCUT2D eigenvalue weighted by molar-refractivity contribution is 8.02. The Bertz CT molecular complexity index is 507. The van der Waals surface area contributed by atoms with E-state index in [1.165, 1.54) is 17.3 Å². The van der Waals surface area contributed by atoms with Crippen molar-refractivity contribution in [2.24, 2.45) is 0 Å². The summed E-state index contributed by atoms with van der Waals surface area (Å²) in [5.74, 6) is 2.00. The smallest absolute Gasteiger partial charge is 0.330 e. The maximum Gasteiger partial charge on any atom is 0.330 e. The molecule has 1 N–H and O–H groups in total. The van der Waals surface area contributed by atoms with Gasteiger partial charge in [-0.15, -0.1) is 11.8 Å². The van der Waals surface area contributed by atoms with Gasteiger partial charge in [0.25, 0.3) is 0 Å². The predicted molar refractivity (Wildman–Crippen MR) is 98.1 cm³/mol. The van der Waals surface area contributed by atoms with Gasteiger partial charge in [-0.25, -0.2) is 4.79 Å². The summed E-state index contributed by atoms with van der Waals surface area (Å²) in [4.78, 5) is 22.3. The second-order valence-electron chi connectivity index (χ2n) is 4.76. The molecule has 1 aromatic carbocycles. The van der Waals surface area contributed by atoms with E-state index in [1.54, 1.807) is 0 Å². The first-order chi connectivity index (χ1) is 11.6. The molecule has 0 radical (unpaired) electrons. The van der Waals surface area contributed by atoms with Crippen molar-refractivity contribution in [3.05, 3.63) is 48.6 Å². The summed E-state index contributed by atoms with van der Waals surface area (Å²) in [5, 5.41) is 9.49. The van der Waals surface area contributed by atoms with Gasteiger partial charge in [-0.3, -0.25) is 4.79 Å². The number of thioether (sulfide) groups is 2. The lowest BCUT2D eigenvalue weighted by Crippen LogP contribution is -2.25. The molecule has 0 bridgehead atoms. The summed E-state index contributed by atoms with van der Waals surface area (Å²) < 4.78 is 9.55. The van der Waals surface area contributed by atoms with Gasteiger partial charge in [0, 0.05) is 23.3 Å². The molecule has 1 unspecified atom stereocenters. The first-order valence-corrected chi connectivity index (χ1v) is 9.75. The fourth-order valence-corrected chi connectivity index (χ4v) is 3.46. The van der Waals surface area contributed by atoms with E-state index in [0.717, 1.165) is 23.3 Å². The van der Waals surface area contributed by atoms with E-state index < -0.39 is 12.1 Å². The molecule has 0 spiro atoms. The van der Waals surface area contributed by atoms with E-state index in [9.17, 15) is 14.7 Å². The summed E-state index contributed by atoms with van der Waals surface area (Å²) >= 11 is 3.31. The molecule has 0 amide bonds. The lowest BCUT2D eigenvalue weighted by molar-refractivity contribution is -0.147. The minimum atomic E-state index is -1.02. The first kappa shape index (κ1) is 20.6. The largest absolute Gasteiger partial charge is 0.462 e. The Balaban J connectivity index is 1.97. The van der Waals surface area contributed by atoms with Gasteiger partial charge in [0.15, 0.2) is 0 Å². The highest BCUT2D eigenvalue weighted by Gasteiger charge is 2.10. The van der Waals surface area contributed by atoms with Crippen LogP contribution in [0.4, 0.5) is 0 Å². The number of carbonyl (C=O) groups is 2. The molecular formula is C17H22O5S2. The molecule has 0 fully saturated rings. The molecule has 0 aliphatic heterocycles. The molecule has 1 rings (SSSR count). The van der Waals surface area contributed by atoms with Crippen molar-refractivity contribution in [2.75, 3.05) is 30.5 Å². The number of aliphatic hydroxyl groups excluding tert-OH is 1. The van der Waals surface area contributed by atoms with Crippen LogP contribution in [0.25, 0.3) is 0 Å². The number of benzene rings is 1. The van der Waals surface area contributed by atoms with Gasteiger partial charge >= 0.3 is 11.9 Å². The minimum Gasteiger partial charge on any atom is -0.462 e. The fraction of sp³-hybridized carbons (Fsp3) is 0.412. The van der Waals surface area contributed by atoms with E-state index in [4.69, 9.17) is 4.74 Å². The van der Waals surface area contributed by atoms with Crippen LogP contribution in [-0.2, 0) is 24.8 Å². The van der Waals surface area contributed by atoms with Gasteiger partial charge in [-0.2, -0.15) is 11.8 Å². The summed E-state index contributed by atoms with van der Waals surface area (Å²) in [6.45, 7) is 2.83. The van der Waals surface area contributed by atoms with Crippen LogP contribution < -0.4 is 0 Å². The third-order valence-corrected chi connectivity index (χ3v) is 4.95. The SMILES string of the molecule is C=CC(=O)OCC(O)COC(=O)CSCCSCc1ccccc1. The summed E-state index contributed by atoms with van der Waals surface area (Å²) in [7, 11) is 0. The number of esters is 2. The molecule has 24 heavy (non-hydrogen) atoms. The Hall–Kier alpha value is -1.44. The summed E-state index contributed by atoms with van der Waals surface area (Å²) in [5.41, 5.74) is 1.29. The molecule has 0 saturated heterocycles. The number of ether oxygens (including phenoxy) is 2. The average molecular weight is 370 g/mol. The molecule has 0 aromatic heterocycles. The van der Waals surface area contributed by atoms with Crippen LogP contribution in [-0.4, -0.2) is 53.6 Å². The van der Waals surface area contributed by atoms with Crippen LogP contribution in [0.2, 0.25) is 0 Å². The normalized spacial score (nSPS) is 11.5. The van der Waals surface area contributed by atoms with Gasteiger partial charge < -0.3 is 14.6 Å². The molecule has 7 heteroatoms. The van der Waals surface area contributed by atoms with Gasteiger partial charge in [-0.1, -0.05) is 36.9 Å². The van der Waals surface area contributed by atoms with Crippen molar-refractivity contribution in [3.8, 4) is 0 Å². The zero-order chi connectivity index (χ0) is 17.6. The van der Waals surface area contributed by atoms with Gasteiger partial charge in [0.05, 0.1) is 5.75 Å². The Morgan fingerprint density at radius 1 is 1.12 bits per heavy atom. The minimum absolute atomic E-state index is 0.188. The quantitative estimate of drug-likeness (QED) is 0.344. The Kier molecular flexibility index (Phi) is 11.1. The van der Waals surface area contributed by atoms with Gasteiger partial charge in [0.1, 0.15) is 19.3 Å². The number of aliphatic hydroxyl groups is 1. The van der Waals surface area contributed by atoms with Crippen molar-refractivity contribution in [1.29, 1.82) is 0 Å². The van der Waals surface area contributed by atoms with Crippen molar-refractivity contribution >= 4 is 35.5 Å². The Morgan fingerprint density at radius 2 is 1.79 bits per heavy atom. The standard InChI is InChI=1S/C17H22O5S2/c1-2-16(19)21-10-15(18)11-22-17(20)13-24-9-8-23-12-14-6-4-3-5-7-14/h2-7,15,18H,1,8-13H2. The molecule has 132 valence electrons. The van der Waals surface area contributed by atoms with E-state index >= 15 is 0 Å². The van der Waals surface area contributed by atoms with Gasteiger partial charge in [0.2, 0.25) is 0 Å². The predicted octanol–water partition coefficient (Wildman–Crippen LogP) is 2.29. The monoisotopic (exact) mass is 370 g/mol. The topological polar surface area (TPSA) is 72.8 Å². The third kappa shape index (κ3) is 10.4. The highest BCUT2D eigenvalue weighted by atomic mass is 32.2. The number of rotatable bonds is 12. The van der Waals surface area contributed by atoms with Crippen molar-refractivity contribution in [2.45, 2.75) is 11.9 Å². The van der Waals surface area contributed by atoms with Crippen molar-refractivity contribution < 1.29 is 24.2 Å². The van der Waals surface area contributed by atoms with Crippen LogP contribution in [0.3, 0.4) is 0 Å². The zero-order valence-electron chi connectivity index (χ0n) is 13.4. The van der Waals surface area contributed by atoms with Crippen LogP contribution in [0.1, 0.15) is 5.56 Å². The summed E-state index contributed by atoms with van der Waals surface area (Å²) in [6, 6.07) is 10.2. The lowest BCUT2D eigenvalue weighted by atomic mass is 10.2. The van der Waals surface area contributed by atoms with E-state index in [0.29, 0.717) is 0 Å². The van der Waals surface area contributed by atoms with Crippen LogP contribution in [0.15, 0.2) is 43.0 Å². The maximum atomic E-state index is 11.5. The Morgan fingerprint density at radius 3 is 2.50 bits per heavy atom. The van der Waals surface area contributed by atoms with Crippen molar-refractivity contribution in [3.63, 3.8) is 0 Å². The number of hydrogen-bond acceptors (Lipinski definition) is 7. The van der Waals surface area contributed by atoms with Gasteiger partial charge in [-0.05, 0) is 5.56 Å². The molecule has 5 nitrogen and oxygen atoms in total. The fourth-order valence-electron chi connectivity index (χ4n) is 1.55. The van der Waals surface area contributed by atoms with E-state index in [-0.39, 0.29) is 24.9 Å².